The van der Waals surface area contributed by atoms with Crippen LogP contribution in [0.1, 0.15) is 12.8 Å². The van der Waals surface area contributed by atoms with E-state index >= 15 is 0 Å². The fraction of sp³-hybridized carbons (Fsp3) is 0.364. The maximum absolute atomic E-state index is 12.0. The molecule has 0 saturated carbocycles. The van der Waals surface area contributed by atoms with E-state index in [4.69, 9.17) is 0 Å². The average molecular weight is 427 g/mol. The smallest absolute Gasteiger partial charge is 0.241 e. The first-order chi connectivity index (χ1) is 8.08. The van der Waals surface area contributed by atoms with Crippen molar-refractivity contribution in [2.24, 2.45) is 0 Å². The largest absolute Gasteiger partial charge is 0.323 e. The summed E-state index contributed by atoms with van der Waals surface area (Å²) in [6.07, 6.45) is 1.96. The second-order valence-corrected chi connectivity index (χ2v) is 6.51. The van der Waals surface area contributed by atoms with Crippen LogP contribution < -0.4 is 10.6 Å². The molecule has 1 aliphatic rings. The number of amides is 1. The van der Waals surface area contributed by atoms with Crippen LogP contribution in [-0.2, 0) is 4.79 Å². The molecule has 0 radical (unpaired) electrons. The summed E-state index contributed by atoms with van der Waals surface area (Å²) in [4.78, 5) is 12.0. The lowest BCUT2D eigenvalue weighted by molar-refractivity contribution is -0.117. The standard InChI is InChI=1S/C11H11Br3N2O/c12-6-4-7(13)10(8(14)5-6)16-11(17)9-2-1-3-15-9/h4-5,9,15H,1-3H2,(H,16,17)/t9-/m0/s1. The van der Waals surface area contributed by atoms with Gasteiger partial charge >= 0.3 is 0 Å². The third-order valence-electron chi connectivity index (χ3n) is 2.63. The van der Waals surface area contributed by atoms with Crippen LogP contribution in [0.2, 0.25) is 0 Å². The molecule has 1 aromatic carbocycles. The van der Waals surface area contributed by atoms with Crippen molar-refractivity contribution in [3.05, 3.63) is 25.6 Å². The van der Waals surface area contributed by atoms with Crippen molar-refractivity contribution < 1.29 is 4.79 Å². The highest BCUT2D eigenvalue weighted by atomic mass is 79.9. The summed E-state index contributed by atoms with van der Waals surface area (Å²) in [7, 11) is 0. The molecule has 1 saturated heterocycles. The zero-order valence-electron chi connectivity index (χ0n) is 8.90. The van der Waals surface area contributed by atoms with Crippen molar-refractivity contribution >= 4 is 59.4 Å². The molecule has 1 atom stereocenters. The molecule has 3 nitrogen and oxygen atoms in total. The van der Waals surface area contributed by atoms with Crippen molar-refractivity contribution in [1.82, 2.24) is 5.32 Å². The predicted octanol–water partition coefficient (Wildman–Crippen LogP) is 3.66. The average Bonchev–Trinajstić information content (AvgIpc) is 2.76. The lowest BCUT2D eigenvalue weighted by Crippen LogP contribution is -2.35. The van der Waals surface area contributed by atoms with Crippen LogP contribution in [0.3, 0.4) is 0 Å². The zero-order chi connectivity index (χ0) is 12.4. The fourth-order valence-electron chi connectivity index (χ4n) is 1.78. The molecule has 0 aliphatic carbocycles. The lowest BCUT2D eigenvalue weighted by atomic mass is 10.2. The van der Waals surface area contributed by atoms with Gasteiger partial charge in [-0.3, -0.25) is 4.79 Å². The van der Waals surface area contributed by atoms with E-state index in [9.17, 15) is 4.79 Å². The maximum Gasteiger partial charge on any atom is 0.241 e. The summed E-state index contributed by atoms with van der Waals surface area (Å²) in [5.41, 5.74) is 0.770. The number of carbonyl (C=O) groups excluding carboxylic acids is 1. The minimum atomic E-state index is -0.0718. The lowest BCUT2D eigenvalue weighted by Gasteiger charge is -2.14. The summed E-state index contributed by atoms with van der Waals surface area (Å²) < 4.78 is 2.66. The van der Waals surface area contributed by atoms with Gasteiger partial charge in [-0.15, -0.1) is 0 Å². The third-order valence-corrected chi connectivity index (χ3v) is 4.34. The molecule has 1 fully saturated rings. The Morgan fingerprint density at radius 3 is 2.47 bits per heavy atom. The van der Waals surface area contributed by atoms with Gasteiger partial charge < -0.3 is 10.6 Å². The number of nitrogens with one attached hydrogen (secondary N) is 2. The van der Waals surface area contributed by atoms with Crippen LogP contribution in [0.4, 0.5) is 5.69 Å². The molecule has 1 aromatic rings. The molecular formula is C11H11Br3N2O. The van der Waals surface area contributed by atoms with Crippen LogP contribution in [0.5, 0.6) is 0 Å². The molecule has 6 heteroatoms. The van der Waals surface area contributed by atoms with E-state index in [1.165, 1.54) is 0 Å². The Bertz CT molecular complexity index is 421. The Morgan fingerprint density at radius 2 is 1.94 bits per heavy atom. The van der Waals surface area contributed by atoms with Crippen molar-refractivity contribution in [3.63, 3.8) is 0 Å². The molecule has 1 aliphatic heterocycles. The number of carbonyl (C=O) groups is 1. The molecule has 1 amide bonds. The summed E-state index contributed by atoms with van der Waals surface area (Å²) in [5.74, 6) is 0.0197. The molecule has 0 aromatic heterocycles. The first kappa shape index (κ1) is 13.5. The van der Waals surface area contributed by atoms with Crippen LogP contribution in [0.25, 0.3) is 0 Å². The van der Waals surface area contributed by atoms with E-state index in [0.29, 0.717) is 0 Å². The quantitative estimate of drug-likeness (QED) is 0.757. The van der Waals surface area contributed by atoms with Gasteiger partial charge in [-0.25, -0.2) is 0 Å². The van der Waals surface area contributed by atoms with Crippen LogP contribution >= 0.6 is 47.8 Å². The monoisotopic (exact) mass is 424 g/mol. The SMILES string of the molecule is O=C(Nc1c(Br)cc(Br)cc1Br)[C@@H]1CCCN1. The van der Waals surface area contributed by atoms with Crippen molar-refractivity contribution in [2.45, 2.75) is 18.9 Å². The Balaban J connectivity index is 2.15. The van der Waals surface area contributed by atoms with Gasteiger partial charge in [-0.05, 0) is 63.4 Å². The van der Waals surface area contributed by atoms with E-state index in [1.54, 1.807) is 0 Å². The van der Waals surface area contributed by atoms with Gasteiger partial charge in [0, 0.05) is 13.4 Å². The summed E-state index contributed by atoms with van der Waals surface area (Å²) >= 11 is 10.3. The molecule has 0 spiro atoms. The second-order valence-electron chi connectivity index (χ2n) is 3.88. The maximum atomic E-state index is 12.0. The van der Waals surface area contributed by atoms with Crippen molar-refractivity contribution in [2.75, 3.05) is 11.9 Å². The summed E-state index contributed by atoms with van der Waals surface area (Å²) in [5, 5.41) is 6.11. The summed E-state index contributed by atoms with van der Waals surface area (Å²) in [6, 6.07) is 3.74. The van der Waals surface area contributed by atoms with E-state index in [2.05, 4.69) is 58.4 Å². The number of hydrogen-bond acceptors (Lipinski definition) is 2. The third kappa shape index (κ3) is 3.30. The number of anilines is 1. The zero-order valence-corrected chi connectivity index (χ0v) is 13.7. The molecule has 92 valence electrons. The summed E-state index contributed by atoms with van der Waals surface area (Å²) in [6.45, 7) is 0.917. The Labute approximate surface area is 125 Å². The molecule has 2 rings (SSSR count). The molecule has 0 bridgehead atoms. The Kier molecular flexibility index (Phi) is 4.63. The highest BCUT2D eigenvalue weighted by Gasteiger charge is 2.23. The number of halogens is 3. The molecule has 2 N–H and O–H groups in total. The number of rotatable bonds is 2. The molecule has 17 heavy (non-hydrogen) atoms. The highest BCUT2D eigenvalue weighted by Crippen LogP contribution is 2.34. The normalized spacial score (nSPS) is 19.4. The predicted molar refractivity (Wildman–Crippen MR) is 79.2 cm³/mol. The van der Waals surface area contributed by atoms with Gasteiger partial charge in [0.15, 0.2) is 0 Å². The van der Waals surface area contributed by atoms with E-state index in [0.717, 1.165) is 38.5 Å². The van der Waals surface area contributed by atoms with E-state index in [-0.39, 0.29) is 11.9 Å². The van der Waals surface area contributed by atoms with Gasteiger partial charge in [0.2, 0.25) is 5.91 Å². The first-order valence-electron chi connectivity index (χ1n) is 5.26. The number of hydrogen-bond donors (Lipinski definition) is 2. The van der Waals surface area contributed by atoms with Gasteiger partial charge in [-0.1, -0.05) is 15.9 Å². The van der Waals surface area contributed by atoms with Crippen molar-refractivity contribution in [3.8, 4) is 0 Å². The molecular weight excluding hydrogens is 416 g/mol. The minimum absolute atomic E-state index is 0.0197. The van der Waals surface area contributed by atoms with Gasteiger partial charge in [0.1, 0.15) is 0 Å². The minimum Gasteiger partial charge on any atom is -0.323 e. The Hall–Kier alpha value is 0.0900. The van der Waals surface area contributed by atoms with Gasteiger partial charge in [-0.2, -0.15) is 0 Å². The fourth-order valence-corrected chi connectivity index (χ4v) is 4.24. The topological polar surface area (TPSA) is 41.1 Å². The molecule has 0 unspecified atom stereocenters. The molecule has 1 heterocycles. The Morgan fingerprint density at radius 1 is 1.29 bits per heavy atom. The highest BCUT2D eigenvalue weighted by molar-refractivity contribution is 9.11. The van der Waals surface area contributed by atoms with Gasteiger partial charge in [0.05, 0.1) is 11.7 Å². The van der Waals surface area contributed by atoms with E-state index < -0.39 is 0 Å². The van der Waals surface area contributed by atoms with Gasteiger partial charge in [0.25, 0.3) is 0 Å². The van der Waals surface area contributed by atoms with Crippen LogP contribution in [0, 0.1) is 0 Å². The number of benzene rings is 1. The first-order valence-corrected chi connectivity index (χ1v) is 7.64. The van der Waals surface area contributed by atoms with Crippen LogP contribution in [0.15, 0.2) is 25.6 Å². The van der Waals surface area contributed by atoms with Crippen molar-refractivity contribution in [1.29, 1.82) is 0 Å². The van der Waals surface area contributed by atoms with Crippen LogP contribution in [-0.4, -0.2) is 18.5 Å². The van der Waals surface area contributed by atoms with E-state index in [1.807, 2.05) is 12.1 Å². The second kappa shape index (κ2) is 5.82.